The monoisotopic (exact) mass is 194 g/mol. The smallest absolute Gasteiger partial charge is 0.116 e. The number of benzene rings is 1. The van der Waals surface area contributed by atoms with Gasteiger partial charge in [-0.25, -0.2) is 0 Å². The molecular weight excluding hydrogens is 172 g/mol. The lowest BCUT2D eigenvalue weighted by atomic mass is 10.1. The Bertz CT molecular complexity index is 251. The van der Waals surface area contributed by atoms with E-state index >= 15 is 0 Å². The Balaban J connectivity index is 0. The molecule has 1 aromatic carbocycles. The Morgan fingerprint density at radius 1 is 1.00 bits per heavy atom. The van der Waals surface area contributed by atoms with Gasteiger partial charge in [0.25, 0.3) is 0 Å². The molecule has 0 bridgehead atoms. The van der Waals surface area contributed by atoms with Crippen LogP contribution in [0.4, 0.5) is 0 Å². The van der Waals surface area contributed by atoms with Crippen LogP contribution in [0, 0.1) is 20.8 Å². The summed E-state index contributed by atoms with van der Waals surface area (Å²) < 4.78 is 0. The summed E-state index contributed by atoms with van der Waals surface area (Å²) in [6.07, 6.45) is 0.750. The molecule has 0 atom stereocenters. The average Bonchev–Trinajstić information content (AvgIpc) is 2.17. The summed E-state index contributed by atoms with van der Waals surface area (Å²) in [7, 11) is 0. The van der Waals surface area contributed by atoms with Crippen molar-refractivity contribution in [2.75, 3.05) is 0 Å². The molecule has 0 radical (unpaired) electrons. The molecular formula is C13H22O. The van der Waals surface area contributed by atoms with Gasteiger partial charge in [0.2, 0.25) is 0 Å². The first-order valence-corrected chi connectivity index (χ1v) is 5.05. The lowest BCUT2D eigenvalue weighted by Gasteiger charge is -1.98. The normalized spacial score (nSPS) is 7.57. The van der Waals surface area contributed by atoms with E-state index < -0.39 is 0 Å². The van der Waals surface area contributed by atoms with Gasteiger partial charge in [-0.15, -0.1) is 0 Å². The Hall–Kier alpha value is -1.11. The first-order chi connectivity index (χ1) is 6.61. The number of aryl methyl sites for hydroxylation is 3. The highest BCUT2D eigenvalue weighted by molar-refractivity contribution is 5.44. The van der Waals surface area contributed by atoms with Crippen molar-refractivity contribution < 1.29 is 4.79 Å². The van der Waals surface area contributed by atoms with Crippen molar-refractivity contribution in [2.24, 2.45) is 0 Å². The van der Waals surface area contributed by atoms with Crippen LogP contribution in [0.5, 0.6) is 0 Å². The number of carbonyl (C=O) groups is 1. The van der Waals surface area contributed by atoms with Crippen LogP contribution < -0.4 is 0 Å². The summed E-state index contributed by atoms with van der Waals surface area (Å²) in [5, 5.41) is 0. The van der Waals surface area contributed by atoms with Crippen molar-refractivity contribution in [2.45, 2.75) is 41.5 Å². The van der Waals surface area contributed by atoms with Crippen LogP contribution in [-0.4, -0.2) is 6.29 Å². The van der Waals surface area contributed by atoms with Crippen molar-refractivity contribution in [3.63, 3.8) is 0 Å². The number of carbonyl (C=O) groups excluding carboxylic acids is 1. The van der Waals surface area contributed by atoms with Crippen LogP contribution in [0.1, 0.15) is 37.5 Å². The largest absolute Gasteiger partial charge is 0.304 e. The van der Waals surface area contributed by atoms with E-state index in [0.717, 1.165) is 6.29 Å². The van der Waals surface area contributed by atoms with Gasteiger partial charge in [0.1, 0.15) is 6.29 Å². The first-order valence-electron chi connectivity index (χ1n) is 5.05. The predicted molar refractivity (Wildman–Crippen MR) is 63.7 cm³/mol. The van der Waals surface area contributed by atoms with Crippen molar-refractivity contribution in [3.8, 4) is 0 Å². The van der Waals surface area contributed by atoms with Crippen LogP contribution in [-0.2, 0) is 4.79 Å². The molecule has 1 nitrogen and oxygen atoms in total. The maximum Gasteiger partial charge on any atom is 0.116 e. The van der Waals surface area contributed by atoms with E-state index in [-0.39, 0.29) is 0 Å². The Labute approximate surface area is 88.2 Å². The van der Waals surface area contributed by atoms with E-state index in [2.05, 4.69) is 39.0 Å². The molecule has 1 rings (SSSR count). The molecule has 0 aliphatic rings. The van der Waals surface area contributed by atoms with E-state index in [1.807, 2.05) is 13.8 Å². The lowest BCUT2D eigenvalue weighted by molar-refractivity contribution is -0.106. The van der Waals surface area contributed by atoms with Gasteiger partial charge in [-0.2, -0.15) is 0 Å². The zero-order valence-corrected chi connectivity index (χ0v) is 10.2. The topological polar surface area (TPSA) is 17.1 Å². The molecule has 0 fully saturated rings. The molecule has 80 valence electrons. The molecule has 0 saturated heterocycles. The van der Waals surface area contributed by atoms with Crippen molar-refractivity contribution >= 4 is 6.29 Å². The molecule has 0 N–H and O–H groups in total. The molecule has 0 spiro atoms. The van der Waals surface area contributed by atoms with Crippen LogP contribution in [0.3, 0.4) is 0 Å². The van der Waals surface area contributed by atoms with Crippen LogP contribution in [0.15, 0.2) is 18.2 Å². The standard InChI is InChI=1S/C9H12.C2H4O.C2H6/c1-7-4-5-8(2)9(3)6-7;1-2-3;1-2/h4-6H,1-3H3;2H,1H3;1-2H3. The highest BCUT2D eigenvalue weighted by Crippen LogP contribution is 2.07. The summed E-state index contributed by atoms with van der Waals surface area (Å²) in [6.45, 7) is 11.8. The van der Waals surface area contributed by atoms with Gasteiger partial charge in [-0.3, -0.25) is 0 Å². The van der Waals surface area contributed by atoms with Crippen molar-refractivity contribution in [1.82, 2.24) is 0 Å². The third-order valence-corrected chi connectivity index (χ3v) is 1.66. The van der Waals surface area contributed by atoms with Gasteiger partial charge in [0, 0.05) is 0 Å². The third kappa shape index (κ3) is 7.53. The zero-order chi connectivity index (χ0) is 11.6. The molecule has 0 saturated carbocycles. The molecule has 0 amide bonds. The number of hydrogen-bond acceptors (Lipinski definition) is 1. The van der Waals surface area contributed by atoms with Gasteiger partial charge >= 0.3 is 0 Å². The summed E-state index contributed by atoms with van der Waals surface area (Å²) in [5.74, 6) is 0. The van der Waals surface area contributed by atoms with Gasteiger partial charge in [-0.1, -0.05) is 37.6 Å². The fraction of sp³-hybridized carbons (Fsp3) is 0.462. The SMILES string of the molecule is CC.CC=O.Cc1ccc(C)c(C)c1. The van der Waals surface area contributed by atoms with E-state index in [1.165, 1.54) is 23.6 Å². The number of aldehydes is 1. The summed E-state index contributed by atoms with van der Waals surface area (Å²) >= 11 is 0. The average molecular weight is 194 g/mol. The van der Waals surface area contributed by atoms with E-state index in [9.17, 15) is 0 Å². The van der Waals surface area contributed by atoms with Crippen molar-refractivity contribution in [1.29, 1.82) is 0 Å². The Morgan fingerprint density at radius 3 is 1.71 bits per heavy atom. The van der Waals surface area contributed by atoms with Gasteiger partial charge in [-0.05, 0) is 38.8 Å². The zero-order valence-electron chi connectivity index (χ0n) is 10.2. The lowest BCUT2D eigenvalue weighted by Crippen LogP contribution is -1.79. The van der Waals surface area contributed by atoms with Crippen molar-refractivity contribution in [3.05, 3.63) is 34.9 Å². The second-order valence-electron chi connectivity index (χ2n) is 2.82. The molecule has 1 aromatic rings. The molecule has 1 heteroatoms. The van der Waals surface area contributed by atoms with Gasteiger partial charge in [0.15, 0.2) is 0 Å². The summed E-state index contributed by atoms with van der Waals surface area (Å²) in [6, 6.07) is 6.50. The predicted octanol–water partition coefficient (Wildman–Crippen LogP) is 3.84. The fourth-order valence-corrected chi connectivity index (χ4v) is 0.891. The van der Waals surface area contributed by atoms with E-state index in [1.54, 1.807) is 0 Å². The molecule has 0 heterocycles. The van der Waals surface area contributed by atoms with Gasteiger partial charge in [0.05, 0.1) is 0 Å². The highest BCUT2D eigenvalue weighted by Gasteiger charge is 1.89. The third-order valence-electron chi connectivity index (χ3n) is 1.66. The second-order valence-corrected chi connectivity index (χ2v) is 2.82. The number of rotatable bonds is 0. The van der Waals surface area contributed by atoms with E-state index in [4.69, 9.17) is 4.79 Å². The maximum atomic E-state index is 8.81. The van der Waals surface area contributed by atoms with E-state index in [0.29, 0.717) is 0 Å². The molecule has 0 aliphatic heterocycles. The maximum absolute atomic E-state index is 8.81. The quantitative estimate of drug-likeness (QED) is 0.573. The summed E-state index contributed by atoms with van der Waals surface area (Å²) in [4.78, 5) is 8.81. The van der Waals surface area contributed by atoms with Crippen LogP contribution in [0.2, 0.25) is 0 Å². The molecule has 0 aromatic heterocycles. The minimum absolute atomic E-state index is 0.750. The fourth-order valence-electron chi connectivity index (χ4n) is 0.891. The van der Waals surface area contributed by atoms with Crippen LogP contribution >= 0.6 is 0 Å². The summed E-state index contributed by atoms with van der Waals surface area (Å²) in [5.41, 5.74) is 4.11. The minimum atomic E-state index is 0.750. The van der Waals surface area contributed by atoms with Crippen LogP contribution in [0.25, 0.3) is 0 Å². The molecule has 0 aliphatic carbocycles. The molecule has 0 unspecified atom stereocenters. The second kappa shape index (κ2) is 9.97. The molecule has 14 heavy (non-hydrogen) atoms. The Morgan fingerprint density at radius 2 is 1.43 bits per heavy atom. The first kappa shape index (κ1) is 15.4. The highest BCUT2D eigenvalue weighted by atomic mass is 16.1. The number of hydrogen-bond donors (Lipinski definition) is 0. The minimum Gasteiger partial charge on any atom is -0.304 e. The Kier molecular flexibility index (Phi) is 10.9. The van der Waals surface area contributed by atoms with Gasteiger partial charge < -0.3 is 4.79 Å².